The quantitative estimate of drug-likeness (QED) is 0.605. The van der Waals surface area contributed by atoms with Gasteiger partial charge in [0.2, 0.25) is 0 Å². The highest BCUT2D eigenvalue weighted by Crippen LogP contribution is 2.01. The number of hydrogen-bond donors (Lipinski definition) is 0. The van der Waals surface area contributed by atoms with Crippen LogP contribution in [0.25, 0.3) is 0 Å². The second-order valence-electron chi connectivity index (χ2n) is 2.73. The summed E-state index contributed by atoms with van der Waals surface area (Å²) in [6, 6.07) is 0. The van der Waals surface area contributed by atoms with Gasteiger partial charge in [-0.25, -0.2) is 0 Å². The summed E-state index contributed by atoms with van der Waals surface area (Å²) in [5.74, 6) is 2.39. The molecule has 1 fully saturated rings. The monoisotopic (exact) mass is 195 g/mol. The molecule has 0 bridgehead atoms. The normalized spacial score (nSPS) is 28.3. The summed E-state index contributed by atoms with van der Waals surface area (Å²) >= 11 is 5.61. The second-order valence-corrected chi connectivity index (χ2v) is 4.81. The average Bonchev–Trinajstić information content (AvgIpc) is 2.17. The molecular weight excluding hydrogens is 182 g/mol. The van der Waals surface area contributed by atoms with Crippen LogP contribution in [0.2, 0.25) is 0 Å². The van der Waals surface area contributed by atoms with Crippen LogP contribution in [-0.4, -0.2) is 46.1 Å². The Kier molecular flexibility index (Phi) is 4.41. The van der Waals surface area contributed by atoms with Gasteiger partial charge >= 0.3 is 0 Å². The minimum atomic E-state index is -0.567. The van der Waals surface area contributed by atoms with Crippen molar-refractivity contribution < 1.29 is 4.21 Å². The molecule has 2 nitrogen and oxygen atoms in total. The lowest BCUT2D eigenvalue weighted by Crippen LogP contribution is -2.28. The van der Waals surface area contributed by atoms with Gasteiger partial charge in [-0.3, -0.25) is 4.21 Å². The molecule has 1 aliphatic heterocycles. The first-order chi connectivity index (χ1) is 5.33. The van der Waals surface area contributed by atoms with Gasteiger partial charge in [0.05, 0.1) is 0 Å². The second kappa shape index (κ2) is 5.12. The number of halogens is 1. The van der Waals surface area contributed by atoms with Crippen LogP contribution < -0.4 is 0 Å². The molecule has 0 aromatic heterocycles. The van der Waals surface area contributed by atoms with Gasteiger partial charge in [-0.15, -0.1) is 11.6 Å². The summed E-state index contributed by atoms with van der Waals surface area (Å²) in [5.41, 5.74) is 0. The summed E-state index contributed by atoms with van der Waals surface area (Å²) < 4.78 is 11.1. The van der Waals surface area contributed by atoms with Crippen LogP contribution in [0, 0.1) is 0 Å². The molecule has 1 unspecified atom stereocenters. The third-order valence-corrected chi connectivity index (χ3v) is 3.43. The first-order valence-electron chi connectivity index (χ1n) is 3.96. The fourth-order valence-electron chi connectivity index (χ4n) is 1.24. The van der Waals surface area contributed by atoms with Gasteiger partial charge in [0.15, 0.2) is 0 Å². The van der Waals surface area contributed by atoms with E-state index in [0.717, 1.165) is 37.6 Å². The predicted octanol–water partition coefficient (Wildman–Crippen LogP) is 0.680. The fourth-order valence-corrected chi connectivity index (χ4v) is 2.59. The average molecular weight is 196 g/mol. The Labute approximate surface area is 75.4 Å². The molecule has 1 rings (SSSR count). The summed E-state index contributed by atoms with van der Waals surface area (Å²) in [6.07, 6.45) is 1.06. The lowest BCUT2D eigenvalue weighted by atomic mass is 10.4. The smallest absolute Gasteiger partial charge is 0.0362 e. The lowest BCUT2D eigenvalue weighted by molar-refractivity contribution is 0.314. The molecule has 0 aromatic rings. The molecule has 11 heavy (non-hydrogen) atoms. The molecule has 1 aliphatic rings. The summed E-state index contributed by atoms with van der Waals surface area (Å²) in [4.78, 5) is 2.29. The zero-order valence-corrected chi connectivity index (χ0v) is 8.16. The highest BCUT2D eigenvalue weighted by molar-refractivity contribution is 7.85. The van der Waals surface area contributed by atoms with E-state index in [2.05, 4.69) is 4.90 Å². The maximum Gasteiger partial charge on any atom is 0.0362 e. The third kappa shape index (κ3) is 3.54. The van der Waals surface area contributed by atoms with Crippen molar-refractivity contribution in [1.82, 2.24) is 4.90 Å². The molecule has 4 heteroatoms. The summed E-state index contributed by atoms with van der Waals surface area (Å²) in [5, 5.41) is 0. The molecule has 66 valence electrons. The Morgan fingerprint density at radius 1 is 1.36 bits per heavy atom. The van der Waals surface area contributed by atoms with Crippen molar-refractivity contribution in [3.63, 3.8) is 0 Å². The van der Waals surface area contributed by atoms with Crippen LogP contribution in [0.4, 0.5) is 0 Å². The first-order valence-corrected chi connectivity index (χ1v) is 5.98. The van der Waals surface area contributed by atoms with E-state index in [-0.39, 0.29) is 0 Å². The fraction of sp³-hybridized carbons (Fsp3) is 1.00. The summed E-state index contributed by atoms with van der Waals surface area (Å²) in [6.45, 7) is 2.97. The maximum absolute atomic E-state index is 11.1. The van der Waals surface area contributed by atoms with E-state index in [1.54, 1.807) is 0 Å². The number of alkyl halides is 1. The highest BCUT2D eigenvalue weighted by Gasteiger charge is 2.11. The predicted molar refractivity (Wildman–Crippen MR) is 49.7 cm³/mol. The van der Waals surface area contributed by atoms with Gasteiger partial charge < -0.3 is 4.90 Å². The molecule has 0 radical (unpaired) electrons. The molecule has 1 saturated heterocycles. The van der Waals surface area contributed by atoms with E-state index in [0.29, 0.717) is 5.88 Å². The summed E-state index contributed by atoms with van der Waals surface area (Å²) in [7, 11) is -0.567. The zero-order valence-electron chi connectivity index (χ0n) is 6.59. The molecule has 0 N–H and O–H groups in total. The van der Waals surface area contributed by atoms with Crippen molar-refractivity contribution >= 4 is 22.4 Å². The molecule has 1 atom stereocenters. The van der Waals surface area contributed by atoms with Crippen LogP contribution >= 0.6 is 11.6 Å². The van der Waals surface area contributed by atoms with E-state index in [4.69, 9.17) is 11.6 Å². The van der Waals surface area contributed by atoms with E-state index in [1.807, 2.05) is 0 Å². The van der Waals surface area contributed by atoms with Crippen LogP contribution in [0.3, 0.4) is 0 Å². The Morgan fingerprint density at radius 3 is 2.91 bits per heavy atom. The molecule has 0 amide bonds. The lowest BCUT2D eigenvalue weighted by Gasteiger charge is -2.16. The molecular formula is C7H14ClNOS. The van der Waals surface area contributed by atoms with E-state index >= 15 is 0 Å². The van der Waals surface area contributed by atoms with Crippen molar-refractivity contribution in [3.8, 4) is 0 Å². The van der Waals surface area contributed by atoms with Crippen molar-refractivity contribution in [3.05, 3.63) is 0 Å². The first kappa shape index (κ1) is 9.49. The van der Waals surface area contributed by atoms with Crippen LogP contribution in [-0.2, 0) is 10.8 Å². The largest absolute Gasteiger partial charge is 0.301 e. The van der Waals surface area contributed by atoms with Crippen LogP contribution in [0.15, 0.2) is 0 Å². The Hall–Kier alpha value is 0.400. The molecule has 1 heterocycles. The molecule has 0 aliphatic carbocycles. The zero-order chi connectivity index (χ0) is 8.10. The maximum atomic E-state index is 11.1. The van der Waals surface area contributed by atoms with Crippen molar-refractivity contribution in [2.75, 3.05) is 37.0 Å². The molecule has 0 saturated carbocycles. The van der Waals surface area contributed by atoms with E-state index < -0.39 is 10.8 Å². The minimum Gasteiger partial charge on any atom is -0.301 e. The van der Waals surface area contributed by atoms with Crippen molar-refractivity contribution in [2.24, 2.45) is 0 Å². The van der Waals surface area contributed by atoms with E-state index in [1.165, 1.54) is 0 Å². The minimum absolute atomic E-state index is 0.567. The van der Waals surface area contributed by atoms with Gasteiger partial charge in [0, 0.05) is 41.3 Å². The Bertz CT molecular complexity index is 142. The third-order valence-electron chi connectivity index (χ3n) is 1.88. The van der Waals surface area contributed by atoms with Crippen LogP contribution in [0.1, 0.15) is 6.42 Å². The number of rotatable bonds is 2. The van der Waals surface area contributed by atoms with Gasteiger partial charge in [-0.05, 0) is 13.0 Å². The van der Waals surface area contributed by atoms with Gasteiger partial charge in [0.25, 0.3) is 0 Å². The van der Waals surface area contributed by atoms with Crippen molar-refractivity contribution in [2.45, 2.75) is 6.42 Å². The standard InChI is InChI=1S/C7H14ClNOS/c8-2-4-9-3-1-6-11(10)7-5-9/h1-7H2. The molecule has 0 spiro atoms. The van der Waals surface area contributed by atoms with Crippen molar-refractivity contribution in [1.29, 1.82) is 0 Å². The highest BCUT2D eigenvalue weighted by atomic mass is 35.5. The topological polar surface area (TPSA) is 20.3 Å². The number of hydrogen-bond acceptors (Lipinski definition) is 2. The SMILES string of the molecule is O=S1CCCN(CCCl)CC1. The van der Waals surface area contributed by atoms with Gasteiger partial charge in [-0.1, -0.05) is 0 Å². The Morgan fingerprint density at radius 2 is 2.18 bits per heavy atom. The Balaban J connectivity index is 2.28. The van der Waals surface area contributed by atoms with E-state index in [9.17, 15) is 4.21 Å². The number of nitrogens with zero attached hydrogens (tertiary/aromatic N) is 1. The van der Waals surface area contributed by atoms with Crippen LogP contribution in [0.5, 0.6) is 0 Å². The van der Waals surface area contributed by atoms with Gasteiger partial charge in [-0.2, -0.15) is 0 Å². The molecule has 0 aromatic carbocycles. The van der Waals surface area contributed by atoms with Gasteiger partial charge in [0.1, 0.15) is 0 Å².